The molecule has 0 aromatic rings. The maximum absolute atomic E-state index is 8.79. The minimum atomic E-state index is 0.208. The van der Waals surface area contributed by atoms with Crippen LogP contribution in [0.2, 0.25) is 0 Å². The number of hydrogen-bond donors (Lipinski definition) is 3. The summed E-state index contributed by atoms with van der Waals surface area (Å²) in [5, 5.41) is 26.4. The number of hydrogen-bond acceptors (Lipinski definition) is 6. The van der Waals surface area contributed by atoms with Gasteiger partial charge in [0.2, 0.25) is 0 Å². The molecule has 0 aromatic heterocycles. The van der Waals surface area contributed by atoms with Crippen LogP contribution in [0.25, 0.3) is 0 Å². The van der Waals surface area contributed by atoms with Crippen molar-refractivity contribution in [3.8, 4) is 0 Å². The molecule has 104 valence electrons. The first-order chi connectivity index (χ1) is 8.18. The molecule has 0 amide bonds. The Balaban J connectivity index is 3.95. The summed E-state index contributed by atoms with van der Waals surface area (Å²) in [6.45, 7) is 2.93. The minimum absolute atomic E-state index is 0.208. The Morgan fingerprint density at radius 3 is 1.24 bits per heavy atom. The summed E-state index contributed by atoms with van der Waals surface area (Å²) < 4.78 is 0. The number of thioether (sulfide) groups is 3. The average Bonchev–Trinajstić information content (AvgIpc) is 2.30. The highest BCUT2D eigenvalue weighted by atomic mass is 32.2. The third-order valence-electron chi connectivity index (χ3n) is 2.06. The van der Waals surface area contributed by atoms with E-state index in [1.165, 1.54) is 0 Å². The molecular formula is C11H24O3S3. The molecule has 0 aliphatic rings. The summed E-state index contributed by atoms with van der Waals surface area (Å²) in [7, 11) is 0. The highest BCUT2D eigenvalue weighted by Gasteiger charge is 2.24. The predicted molar refractivity (Wildman–Crippen MR) is 81.3 cm³/mol. The number of aliphatic hydroxyl groups is 3. The predicted octanol–water partition coefficient (Wildman–Crippen LogP) is 1.17. The summed E-state index contributed by atoms with van der Waals surface area (Å²) in [4.78, 5) is 0. The largest absolute Gasteiger partial charge is 0.396 e. The van der Waals surface area contributed by atoms with Crippen molar-refractivity contribution in [1.29, 1.82) is 0 Å². The standard InChI is InChI=1S/C11H24O3S3/c1-11(8-15-5-2-12,9-16-6-3-13)10-17-7-4-14/h12-14H,2-10H2,1H3. The Morgan fingerprint density at radius 2 is 1.00 bits per heavy atom. The maximum atomic E-state index is 8.79. The van der Waals surface area contributed by atoms with Gasteiger partial charge in [-0.05, 0) is 5.41 Å². The van der Waals surface area contributed by atoms with Crippen LogP contribution in [0.3, 0.4) is 0 Å². The molecule has 0 fully saturated rings. The summed E-state index contributed by atoms with van der Waals surface area (Å²) in [6, 6.07) is 0. The third kappa shape index (κ3) is 10.5. The lowest BCUT2D eigenvalue weighted by atomic mass is 9.99. The second-order valence-corrected chi connectivity index (χ2v) is 7.45. The van der Waals surface area contributed by atoms with Gasteiger partial charge in [0.05, 0.1) is 19.8 Å². The van der Waals surface area contributed by atoms with Crippen LogP contribution in [-0.2, 0) is 0 Å². The van der Waals surface area contributed by atoms with E-state index in [4.69, 9.17) is 15.3 Å². The fraction of sp³-hybridized carbons (Fsp3) is 1.00. The summed E-state index contributed by atoms with van der Waals surface area (Å²) in [5.41, 5.74) is 0.208. The molecule has 3 N–H and O–H groups in total. The molecule has 0 aliphatic heterocycles. The molecule has 0 saturated carbocycles. The topological polar surface area (TPSA) is 60.7 Å². The summed E-state index contributed by atoms with van der Waals surface area (Å²) >= 11 is 5.32. The first kappa shape index (κ1) is 17.9. The van der Waals surface area contributed by atoms with E-state index in [1.807, 2.05) is 0 Å². The second-order valence-electron chi connectivity index (χ2n) is 4.14. The lowest BCUT2D eigenvalue weighted by molar-refractivity contribution is 0.322. The van der Waals surface area contributed by atoms with Gasteiger partial charge in [0.15, 0.2) is 0 Å². The van der Waals surface area contributed by atoms with Crippen molar-refractivity contribution in [2.24, 2.45) is 5.41 Å². The lowest BCUT2D eigenvalue weighted by Crippen LogP contribution is -2.27. The van der Waals surface area contributed by atoms with Crippen LogP contribution in [0.1, 0.15) is 6.92 Å². The molecule has 0 saturated heterocycles. The SMILES string of the molecule is CC(CSCCO)(CSCCO)CSCCO. The van der Waals surface area contributed by atoms with Gasteiger partial charge in [0, 0.05) is 34.5 Å². The fourth-order valence-corrected chi connectivity index (χ4v) is 4.57. The maximum Gasteiger partial charge on any atom is 0.0521 e. The van der Waals surface area contributed by atoms with E-state index in [0.29, 0.717) is 0 Å². The van der Waals surface area contributed by atoms with Gasteiger partial charge in [-0.25, -0.2) is 0 Å². The Hall–Kier alpha value is 0.930. The van der Waals surface area contributed by atoms with E-state index < -0.39 is 0 Å². The van der Waals surface area contributed by atoms with Crippen LogP contribution in [0.5, 0.6) is 0 Å². The average molecular weight is 301 g/mol. The third-order valence-corrected chi connectivity index (χ3v) is 6.18. The molecule has 0 aliphatic carbocycles. The van der Waals surface area contributed by atoms with Crippen molar-refractivity contribution < 1.29 is 15.3 Å². The van der Waals surface area contributed by atoms with E-state index >= 15 is 0 Å². The number of aliphatic hydroxyl groups excluding tert-OH is 3. The van der Waals surface area contributed by atoms with Gasteiger partial charge in [-0.15, -0.1) is 0 Å². The number of rotatable bonds is 12. The van der Waals surface area contributed by atoms with Gasteiger partial charge in [-0.2, -0.15) is 35.3 Å². The zero-order valence-electron chi connectivity index (χ0n) is 10.4. The van der Waals surface area contributed by atoms with Crippen molar-refractivity contribution in [3.05, 3.63) is 0 Å². The smallest absolute Gasteiger partial charge is 0.0521 e. The molecule has 0 atom stereocenters. The van der Waals surface area contributed by atoms with Gasteiger partial charge in [0.25, 0.3) is 0 Å². The van der Waals surface area contributed by atoms with Crippen LogP contribution >= 0.6 is 35.3 Å². The Morgan fingerprint density at radius 1 is 0.706 bits per heavy atom. The quantitative estimate of drug-likeness (QED) is 0.470. The normalized spacial score (nSPS) is 12.0. The van der Waals surface area contributed by atoms with Gasteiger partial charge in [-0.1, -0.05) is 6.92 Å². The zero-order valence-corrected chi connectivity index (χ0v) is 12.9. The van der Waals surface area contributed by atoms with Gasteiger partial charge < -0.3 is 15.3 Å². The minimum Gasteiger partial charge on any atom is -0.396 e. The Kier molecular flexibility index (Phi) is 12.6. The molecule has 0 aromatic carbocycles. The second kappa shape index (κ2) is 12.0. The summed E-state index contributed by atoms with van der Waals surface area (Å²) in [6.07, 6.45) is 0. The lowest BCUT2D eigenvalue weighted by Gasteiger charge is -2.28. The molecule has 0 spiro atoms. The van der Waals surface area contributed by atoms with E-state index in [0.717, 1.165) is 34.5 Å². The monoisotopic (exact) mass is 300 g/mol. The van der Waals surface area contributed by atoms with E-state index in [1.54, 1.807) is 35.3 Å². The Labute approximate surface area is 117 Å². The Bertz CT molecular complexity index is 144. The van der Waals surface area contributed by atoms with Gasteiger partial charge in [-0.3, -0.25) is 0 Å². The van der Waals surface area contributed by atoms with Crippen LogP contribution in [0.4, 0.5) is 0 Å². The van der Waals surface area contributed by atoms with Crippen LogP contribution in [0.15, 0.2) is 0 Å². The van der Waals surface area contributed by atoms with Crippen LogP contribution < -0.4 is 0 Å². The molecular weight excluding hydrogens is 276 g/mol. The highest BCUT2D eigenvalue weighted by molar-refractivity contribution is 8.01. The van der Waals surface area contributed by atoms with Gasteiger partial charge in [0.1, 0.15) is 0 Å². The van der Waals surface area contributed by atoms with Crippen molar-refractivity contribution in [2.75, 3.05) is 54.3 Å². The van der Waals surface area contributed by atoms with Crippen molar-refractivity contribution in [2.45, 2.75) is 6.92 Å². The van der Waals surface area contributed by atoms with Crippen molar-refractivity contribution >= 4 is 35.3 Å². The zero-order chi connectivity index (χ0) is 13.0. The van der Waals surface area contributed by atoms with Crippen LogP contribution in [-0.4, -0.2) is 69.7 Å². The molecule has 0 heterocycles. The van der Waals surface area contributed by atoms with Gasteiger partial charge >= 0.3 is 0 Å². The molecule has 0 radical (unpaired) electrons. The van der Waals surface area contributed by atoms with Crippen LogP contribution in [0, 0.1) is 5.41 Å². The molecule has 0 bridgehead atoms. The summed E-state index contributed by atoms with van der Waals surface area (Å²) in [5.74, 6) is 5.40. The van der Waals surface area contributed by atoms with E-state index in [9.17, 15) is 0 Å². The highest BCUT2D eigenvalue weighted by Crippen LogP contribution is 2.31. The first-order valence-electron chi connectivity index (χ1n) is 5.74. The fourth-order valence-electron chi connectivity index (χ4n) is 1.27. The van der Waals surface area contributed by atoms with Crippen molar-refractivity contribution in [3.63, 3.8) is 0 Å². The van der Waals surface area contributed by atoms with E-state index in [2.05, 4.69) is 6.92 Å². The molecule has 0 rings (SSSR count). The van der Waals surface area contributed by atoms with E-state index in [-0.39, 0.29) is 25.2 Å². The molecule has 17 heavy (non-hydrogen) atoms. The molecule has 3 nitrogen and oxygen atoms in total. The van der Waals surface area contributed by atoms with Crippen molar-refractivity contribution in [1.82, 2.24) is 0 Å². The first-order valence-corrected chi connectivity index (χ1v) is 9.21. The molecule has 6 heteroatoms. The molecule has 0 unspecified atom stereocenters.